The Kier molecular flexibility index (Phi) is 6.78. The Bertz CT molecular complexity index is 569. The Balaban J connectivity index is 2.24. The highest BCUT2D eigenvalue weighted by Gasteiger charge is 2.46. The molecule has 5 N–H and O–H groups in total. The number of aliphatic hydroxyl groups excluding tert-OH is 4. The predicted octanol–water partition coefficient (Wildman–Crippen LogP) is -0.654. The van der Waals surface area contributed by atoms with E-state index in [0.29, 0.717) is 5.57 Å². The molecule has 0 bridgehead atoms. The molecule has 2 heterocycles. The minimum absolute atomic E-state index is 0.0617. The molecule has 0 amide bonds. The number of carboxylic acid groups (broad SMARTS) is 1. The van der Waals surface area contributed by atoms with Crippen LogP contribution in [0.2, 0.25) is 0 Å². The van der Waals surface area contributed by atoms with E-state index in [9.17, 15) is 30.3 Å². The van der Waals surface area contributed by atoms with Crippen molar-refractivity contribution in [3.63, 3.8) is 0 Å². The van der Waals surface area contributed by atoms with Gasteiger partial charge in [-0.1, -0.05) is 19.9 Å². The third-order valence-electron chi connectivity index (χ3n) is 4.64. The van der Waals surface area contributed by atoms with Crippen molar-refractivity contribution in [3.8, 4) is 0 Å². The van der Waals surface area contributed by atoms with Crippen LogP contribution in [-0.2, 0) is 19.0 Å². The van der Waals surface area contributed by atoms with Crippen LogP contribution in [0.25, 0.3) is 0 Å². The van der Waals surface area contributed by atoms with Crippen molar-refractivity contribution in [2.75, 3.05) is 6.61 Å². The largest absolute Gasteiger partial charge is 0.478 e. The Hall–Kier alpha value is -1.49. The maximum atomic E-state index is 11.5. The van der Waals surface area contributed by atoms with Crippen LogP contribution < -0.4 is 0 Å². The zero-order chi connectivity index (χ0) is 19.6. The standard InChI is InChI=1S/C17H26O9/c1-4-8-11(7(2)3)9(15(22)23)6-24-16(8)26-17-14(21)13(20)12(19)10(5-18)25-17/h4,6-7,10-14,16-21H,5H2,1-3H3,(H,22,23)/b8-4+/t10-,11?,12-,13+,14-,16+,17+/m1/s1. The van der Waals surface area contributed by atoms with Gasteiger partial charge in [-0.15, -0.1) is 0 Å². The first-order valence-electron chi connectivity index (χ1n) is 8.43. The molecule has 0 spiro atoms. The van der Waals surface area contributed by atoms with E-state index in [4.69, 9.17) is 14.2 Å². The maximum absolute atomic E-state index is 11.5. The van der Waals surface area contributed by atoms with Crippen LogP contribution >= 0.6 is 0 Å². The number of aliphatic carboxylic acids is 1. The highest BCUT2D eigenvalue weighted by molar-refractivity contribution is 5.88. The number of aliphatic hydroxyl groups is 4. The summed E-state index contributed by atoms with van der Waals surface area (Å²) in [5.74, 6) is -1.64. The summed E-state index contributed by atoms with van der Waals surface area (Å²) in [4.78, 5) is 11.5. The number of carboxylic acids is 1. The van der Waals surface area contributed by atoms with Gasteiger partial charge in [0.15, 0.2) is 6.29 Å². The summed E-state index contributed by atoms with van der Waals surface area (Å²) >= 11 is 0. The molecule has 1 unspecified atom stereocenters. The lowest BCUT2D eigenvalue weighted by molar-refractivity contribution is -0.328. The van der Waals surface area contributed by atoms with Crippen LogP contribution in [0.1, 0.15) is 20.8 Å². The first-order chi connectivity index (χ1) is 12.2. The Morgan fingerprint density at radius 3 is 2.42 bits per heavy atom. The quantitative estimate of drug-likeness (QED) is 0.396. The van der Waals surface area contributed by atoms with Crippen LogP contribution in [0.4, 0.5) is 0 Å². The first kappa shape index (κ1) is 20.8. The maximum Gasteiger partial charge on any atom is 0.335 e. The Morgan fingerprint density at radius 2 is 1.92 bits per heavy atom. The molecule has 26 heavy (non-hydrogen) atoms. The van der Waals surface area contributed by atoms with E-state index < -0.39 is 55.5 Å². The topological polar surface area (TPSA) is 146 Å². The van der Waals surface area contributed by atoms with Crippen molar-refractivity contribution < 1.29 is 44.5 Å². The fraction of sp³-hybridized carbons (Fsp3) is 0.706. The number of hydrogen-bond acceptors (Lipinski definition) is 8. The molecule has 0 aliphatic carbocycles. The van der Waals surface area contributed by atoms with Gasteiger partial charge in [0.1, 0.15) is 24.4 Å². The summed E-state index contributed by atoms with van der Waals surface area (Å²) in [7, 11) is 0. The Labute approximate surface area is 151 Å². The zero-order valence-electron chi connectivity index (χ0n) is 14.8. The van der Waals surface area contributed by atoms with Crippen molar-refractivity contribution in [1.82, 2.24) is 0 Å². The number of allylic oxidation sites excluding steroid dienone is 1. The second-order valence-electron chi connectivity index (χ2n) is 6.69. The van der Waals surface area contributed by atoms with E-state index in [1.807, 2.05) is 13.8 Å². The molecule has 9 nitrogen and oxygen atoms in total. The van der Waals surface area contributed by atoms with Gasteiger partial charge < -0.3 is 39.7 Å². The molecule has 148 valence electrons. The smallest absolute Gasteiger partial charge is 0.335 e. The number of carbonyl (C=O) groups is 1. The lowest BCUT2D eigenvalue weighted by atomic mass is 9.80. The monoisotopic (exact) mass is 374 g/mol. The molecule has 0 aromatic heterocycles. The average molecular weight is 374 g/mol. The lowest BCUT2D eigenvalue weighted by Gasteiger charge is -2.42. The Morgan fingerprint density at radius 1 is 1.27 bits per heavy atom. The van der Waals surface area contributed by atoms with Crippen molar-refractivity contribution in [2.45, 2.75) is 57.8 Å². The molecule has 1 fully saturated rings. The van der Waals surface area contributed by atoms with Gasteiger partial charge >= 0.3 is 5.97 Å². The molecule has 2 aliphatic rings. The van der Waals surface area contributed by atoms with E-state index >= 15 is 0 Å². The summed E-state index contributed by atoms with van der Waals surface area (Å²) < 4.78 is 16.3. The second kappa shape index (κ2) is 8.47. The van der Waals surface area contributed by atoms with Gasteiger partial charge in [-0.05, 0) is 12.8 Å². The highest BCUT2D eigenvalue weighted by atomic mass is 16.8. The molecule has 9 heteroatoms. The molecule has 0 saturated carbocycles. The third kappa shape index (κ3) is 3.93. The van der Waals surface area contributed by atoms with Crippen LogP contribution in [0.5, 0.6) is 0 Å². The molecule has 1 saturated heterocycles. The third-order valence-corrected chi connectivity index (χ3v) is 4.64. The molecule has 0 aromatic rings. The van der Waals surface area contributed by atoms with E-state index in [2.05, 4.69) is 0 Å². The fourth-order valence-electron chi connectivity index (χ4n) is 3.27. The minimum Gasteiger partial charge on any atom is -0.478 e. The molecular weight excluding hydrogens is 348 g/mol. The van der Waals surface area contributed by atoms with Gasteiger partial charge in [0.25, 0.3) is 0 Å². The summed E-state index contributed by atoms with van der Waals surface area (Å²) in [6.07, 6.45) is -5.39. The fourth-order valence-corrected chi connectivity index (χ4v) is 3.27. The lowest BCUT2D eigenvalue weighted by Crippen LogP contribution is -2.60. The second-order valence-corrected chi connectivity index (χ2v) is 6.69. The van der Waals surface area contributed by atoms with E-state index in [1.165, 1.54) is 0 Å². The molecule has 7 atom stereocenters. The molecule has 0 radical (unpaired) electrons. The number of rotatable bonds is 5. The predicted molar refractivity (Wildman–Crippen MR) is 87.5 cm³/mol. The minimum atomic E-state index is -1.57. The van der Waals surface area contributed by atoms with Crippen molar-refractivity contribution >= 4 is 5.97 Å². The van der Waals surface area contributed by atoms with Gasteiger partial charge in [0.2, 0.25) is 6.29 Å². The molecule has 2 aliphatic heterocycles. The summed E-state index contributed by atoms with van der Waals surface area (Å²) in [6.45, 7) is 4.86. The SMILES string of the molecule is C/C=C1\C(C(C)C)C(C(=O)O)=CO[C@H]1O[C@@H]1O[C@H](CO)[C@@H](O)[C@H](O)[C@H]1O. The number of hydrogen-bond donors (Lipinski definition) is 5. The highest BCUT2D eigenvalue weighted by Crippen LogP contribution is 2.37. The first-order valence-corrected chi connectivity index (χ1v) is 8.43. The van der Waals surface area contributed by atoms with Gasteiger partial charge in [0, 0.05) is 11.5 Å². The van der Waals surface area contributed by atoms with E-state index in [1.54, 1.807) is 13.0 Å². The van der Waals surface area contributed by atoms with E-state index in [0.717, 1.165) is 6.26 Å². The van der Waals surface area contributed by atoms with Crippen LogP contribution in [0.15, 0.2) is 23.5 Å². The average Bonchev–Trinajstić information content (AvgIpc) is 2.61. The molecule has 0 aromatic carbocycles. The van der Waals surface area contributed by atoms with Crippen molar-refractivity contribution in [1.29, 1.82) is 0 Å². The van der Waals surface area contributed by atoms with Gasteiger partial charge in [0.05, 0.1) is 18.4 Å². The van der Waals surface area contributed by atoms with Gasteiger partial charge in [-0.25, -0.2) is 4.79 Å². The summed E-state index contributed by atoms with van der Waals surface area (Å²) in [5.41, 5.74) is 0.624. The van der Waals surface area contributed by atoms with Crippen molar-refractivity contribution in [2.24, 2.45) is 11.8 Å². The summed E-state index contributed by atoms with van der Waals surface area (Å²) in [6, 6.07) is 0. The van der Waals surface area contributed by atoms with Crippen LogP contribution in [-0.4, -0.2) is 75.1 Å². The molecule has 2 rings (SSSR count). The van der Waals surface area contributed by atoms with Crippen LogP contribution in [0, 0.1) is 11.8 Å². The normalized spacial score (nSPS) is 39.6. The molecular formula is C17H26O9. The number of ether oxygens (including phenoxy) is 3. The summed E-state index contributed by atoms with van der Waals surface area (Å²) in [5, 5.41) is 48.4. The van der Waals surface area contributed by atoms with Crippen LogP contribution in [0.3, 0.4) is 0 Å². The van der Waals surface area contributed by atoms with Gasteiger partial charge in [-0.2, -0.15) is 0 Å². The van der Waals surface area contributed by atoms with Gasteiger partial charge in [-0.3, -0.25) is 0 Å². The van der Waals surface area contributed by atoms with Crippen molar-refractivity contribution in [3.05, 3.63) is 23.5 Å². The zero-order valence-corrected chi connectivity index (χ0v) is 14.8. The van der Waals surface area contributed by atoms with E-state index in [-0.39, 0.29) is 11.5 Å².